The highest BCUT2D eigenvalue weighted by atomic mass is 16.6. The van der Waals surface area contributed by atoms with Gasteiger partial charge in [0.15, 0.2) is 11.4 Å². The van der Waals surface area contributed by atoms with Crippen LogP contribution in [0.4, 0.5) is 11.6 Å². The molecule has 1 aromatic heterocycles. The van der Waals surface area contributed by atoms with Crippen LogP contribution >= 0.6 is 0 Å². The van der Waals surface area contributed by atoms with Crippen molar-refractivity contribution in [1.29, 1.82) is 0 Å². The summed E-state index contributed by atoms with van der Waals surface area (Å²) in [7, 11) is 0. The zero-order chi connectivity index (χ0) is 18.1. The number of amides is 3. The SMILES string of the molecule is CC(=O)NNC(=O)CN1C(=O)C(C)(C)Oc2ccc([N+](=O)[O-])nc21. The lowest BCUT2D eigenvalue weighted by atomic mass is 10.1. The van der Waals surface area contributed by atoms with Gasteiger partial charge in [-0.2, -0.15) is 0 Å². The molecule has 0 radical (unpaired) electrons. The second-order valence-corrected chi connectivity index (χ2v) is 5.48. The van der Waals surface area contributed by atoms with Gasteiger partial charge in [0.2, 0.25) is 5.91 Å². The summed E-state index contributed by atoms with van der Waals surface area (Å²) in [5, 5.41) is 10.9. The maximum absolute atomic E-state index is 12.5. The molecule has 1 aromatic rings. The number of hydrazine groups is 1. The molecule has 128 valence electrons. The Hall–Kier alpha value is -3.24. The molecule has 1 aliphatic heterocycles. The van der Waals surface area contributed by atoms with E-state index in [-0.39, 0.29) is 11.6 Å². The van der Waals surface area contributed by atoms with E-state index in [0.717, 1.165) is 11.0 Å². The van der Waals surface area contributed by atoms with Crippen molar-refractivity contribution in [1.82, 2.24) is 15.8 Å². The van der Waals surface area contributed by atoms with Crippen LogP contribution in [0.25, 0.3) is 0 Å². The first kappa shape index (κ1) is 17.1. The van der Waals surface area contributed by atoms with E-state index in [1.165, 1.54) is 26.8 Å². The highest BCUT2D eigenvalue weighted by Gasteiger charge is 2.45. The van der Waals surface area contributed by atoms with Gasteiger partial charge in [-0.25, -0.2) is 0 Å². The molecule has 0 spiro atoms. The van der Waals surface area contributed by atoms with Gasteiger partial charge in [-0.05, 0) is 29.8 Å². The molecule has 0 saturated carbocycles. The van der Waals surface area contributed by atoms with Crippen molar-refractivity contribution in [2.45, 2.75) is 26.4 Å². The predicted molar refractivity (Wildman–Crippen MR) is 79.9 cm³/mol. The number of nitrogens with one attached hydrogen (secondary N) is 2. The molecular formula is C13H15N5O6. The number of carbonyl (C=O) groups is 3. The third-order valence-electron chi connectivity index (χ3n) is 3.07. The van der Waals surface area contributed by atoms with Crippen LogP contribution in [0.2, 0.25) is 0 Å². The third kappa shape index (κ3) is 3.39. The molecular weight excluding hydrogens is 322 g/mol. The largest absolute Gasteiger partial charge is 0.472 e. The molecule has 1 aliphatic rings. The van der Waals surface area contributed by atoms with E-state index < -0.39 is 40.6 Å². The van der Waals surface area contributed by atoms with Crippen LogP contribution in [0.15, 0.2) is 12.1 Å². The lowest BCUT2D eigenvalue weighted by molar-refractivity contribution is -0.389. The van der Waals surface area contributed by atoms with Crippen molar-refractivity contribution in [3.8, 4) is 5.75 Å². The minimum absolute atomic E-state index is 0.133. The minimum Gasteiger partial charge on any atom is -0.472 e. The molecule has 2 heterocycles. The average molecular weight is 337 g/mol. The molecule has 0 fully saturated rings. The minimum atomic E-state index is -1.28. The Morgan fingerprint density at radius 2 is 2.04 bits per heavy atom. The number of hydrogen-bond acceptors (Lipinski definition) is 7. The Kier molecular flexibility index (Phi) is 4.35. The van der Waals surface area contributed by atoms with E-state index in [0.29, 0.717) is 0 Å². The molecule has 0 bridgehead atoms. The Bertz CT molecular complexity index is 732. The van der Waals surface area contributed by atoms with Crippen molar-refractivity contribution < 1.29 is 24.0 Å². The van der Waals surface area contributed by atoms with Gasteiger partial charge in [0, 0.05) is 13.0 Å². The van der Waals surface area contributed by atoms with Crippen LogP contribution in [0, 0.1) is 10.1 Å². The first-order chi connectivity index (χ1) is 11.1. The molecule has 0 aromatic carbocycles. The topological polar surface area (TPSA) is 144 Å². The predicted octanol–water partition coefficient (Wildman–Crippen LogP) is -0.339. The number of carbonyl (C=O) groups excluding carboxylic acids is 3. The Morgan fingerprint density at radius 1 is 1.38 bits per heavy atom. The van der Waals surface area contributed by atoms with E-state index in [1.54, 1.807) is 0 Å². The van der Waals surface area contributed by atoms with Crippen molar-refractivity contribution in [3.63, 3.8) is 0 Å². The summed E-state index contributed by atoms with van der Waals surface area (Å²) in [6, 6.07) is 2.45. The standard InChI is InChI=1S/C13H15N5O6/c1-7(19)15-16-10(20)6-17-11-8(24-13(2,3)12(17)21)4-5-9(14-11)18(22)23/h4-5H,6H2,1-3H3,(H,15,19)(H,16,20). The fourth-order valence-electron chi connectivity index (χ4n) is 2.03. The number of fused-ring (bicyclic) bond motifs is 1. The summed E-state index contributed by atoms with van der Waals surface area (Å²) < 4.78 is 5.50. The number of rotatable bonds is 3. The van der Waals surface area contributed by atoms with Gasteiger partial charge >= 0.3 is 5.82 Å². The van der Waals surface area contributed by atoms with E-state index in [4.69, 9.17) is 4.74 Å². The third-order valence-corrected chi connectivity index (χ3v) is 3.07. The summed E-state index contributed by atoms with van der Waals surface area (Å²) in [6.07, 6.45) is 0. The van der Waals surface area contributed by atoms with Crippen molar-refractivity contribution in [3.05, 3.63) is 22.2 Å². The molecule has 0 saturated heterocycles. The van der Waals surface area contributed by atoms with Gasteiger partial charge in [-0.1, -0.05) is 0 Å². The normalized spacial score (nSPS) is 15.1. The number of hydrogen-bond donors (Lipinski definition) is 2. The summed E-state index contributed by atoms with van der Waals surface area (Å²) in [5.41, 5.74) is 2.92. The Morgan fingerprint density at radius 3 is 2.62 bits per heavy atom. The summed E-state index contributed by atoms with van der Waals surface area (Å²) in [6.45, 7) is 3.70. The van der Waals surface area contributed by atoms with E-state index in [1.807, 2.05) is 0 Å². The van der Waals surface area contributed by atoms with Gasteiger partial charge in [-0.3, -0.25) is 30.1 Å². The smallest absolute Gasteiger partial charge is 0.366 e. The first-order valence-corrected chi connectivity index (χ1v) is 6.83. The van der Waals surface area contributed by atoms with Crippen LogP contribution in [-0.4, -0.2) is 39.8 Å². The van der Waals surface area contributed by atoms with Crippen molar-refractivity contribution >= 4 is 29.4 Å². The fourth-order valence-corrected chi connectivity index (χ4v) is 2.03. The molecule has 3 amide bonds. The number of nitrogens with zero attached hydrogens (tertiary/aromatic N) is 3. The lowest BCUT2D eigenvalue weighted by Gasteiger charge is -2.35. The molecule has 2 N–H and O–H groups in total. The summed E-state index contributed by atoms with van der Waals surface area (Å²) in [5.74, 6) is -2.27. The monoisotopic (exact) mass is 337 g/mol. The molecule has 2 rings (SSSR count). The highest BCUT2D eigenvalue weighted by molar-refractivity contribution is 6.05. The molecule has 0 atom stereocenters. The second kappa shape index (κ2) is 6.10. The average Bonchev–Trinajstić information content (AvgIpc) is 2.49. The Balaban J connectivity index is 2.36. The van der Waals surface area contributed by atoms with E-state index in [9.17, 15) is 24.5 Å². The second-order valence-electron chi connectivity index (χ2n) is 5.48. The highest BCUT2D eigenvalue weighted by Crippen LogP contribution is 2.37. The van der Waals surface area contributed by atoms with Gasteiger partial charge in [0.05, 0.1) is 0 Å². The number of ether oxygens (including phenoxy) is 1. The zero-order valence-corrected chi connectivity index (χ0v) is 13.2. The number of pyridine rings is 1. The number of nitro groups is 1. The van der Waals surface area contributed by atoms with Crippen LogP contribution in [0.3, 0.4) is 0 Å². The quantitative estimate of drug-likeness (QED) is 0.567. The number of aromatic nitrogens is 1. The lowest BCUT2D eigenvalue weighted by Crippen LogP contribution is -2.56. The van der Waals surface area contributed by atoms with Crippen LogP contribution in [-0.2, 0) is 14.4 Å². The molecule has 0 unspecified atom stereocenters. The summed E-state index contributed by atoms with van der Waals surface area (Å²) in [4.78, 5) is 50.1. The zero-order valence-electron chi connectivity index (χ0n) is 13.2. The maximum Gasteiger partial charge on any atom is 0.366 e. The van der Waals surface area contributed by atoms with E-state index in [2.05, 4.69) is 15.8 Å². The maximum atomic E-state index is 12.5. The van der Waals surface area contributed by atoms with E-state index >= 15 is 0 Å². The molecule has 11 nitrogen and oxygen atoms in total. The molecule has 24 heavy (non-hydrogen) atoms. The molecule has 0 aliphatic carbocycles. The van der Waals surface area contributed by atoms with Gasteiger partial charge in [-0.15, -0.1) is 0 Å². The first-order valence-electron chi connectivity index (χ1n) is 6.83. The van der Waals surface area contributed by atoms with Gasteiger partial charge in [0.25, 0.3) is 17.6 Å². The van der Waals surface area contributed by atoms with Crippen LogP contribution in [0.5, 0.6) is 5.75 Å². The van der Waals surface area contributed by atoms with Crippen LogP contribution in [0.1, 0.15) is 20.8 Å². The Labute approximate surface area is 136 Å². The summed E-state index contributed by atoms with van der Waals surface area (Å²) >= 11 is 0. The van der Waals surface area contributed by atoms with Crippen LogP contribution < -0.4 is 20.5 Å². The van der Waals surface area contributed by atoms with Crippen molar-refractivity contribution in [2.24, 2.45) is 0 Å². The molecule has 11 heteroatoms. The number of anilines is 1. The van der Waals surface area contributed by atoms with Crippen molar-refractivity contribution in [2.75, 3.05) is 11.4 Å². The fraction of sp³-hybridized carbons (Fsp3) is 0.385. The van der Waals surface area contributed by atoms with Gasteiger partial charge < -0.3 is 14.9 Å². The van der Waals surface area contributed by atoms with Gasteiger partial charge in [0.1, 0.15) is 6.54 Å².